The number of hydrogen-bond acceptors (Lipinski definition) is 6. The van der Waals surface area contributed by atoms with Crippen molar-refractivity contribution < 1.29 is 14.6 Å². The van der Waals surface area contributed by atoms with Crippen molar-refractivity contribution in [2.45, 2.75) is 33.0 Å². The van der Waals surface area contributed by atoms with Crippen molar-refractivity contribution in [3.05, 3.63) is 38.2 Å². The molecule has 1 amide bonds. The Bertz CT molecular complexity index is 899. The van der Waals surface area contributed by atoms with Crippen LogP contribution in [-0.4, -0.2) is 35.6 Å². The van der Waals surface area contributed by atoms with Crippen LogP contribution >= 0.6 is 27.3 Å². The monoisotopic (exact) mass is 451 g/mol. The number of nitrogens with zero attached hydrogens (tertiary/aromatic N) is 1. The van der Waals surface area contributed by atoms with Gasteiger partial charge in [-0.05, 0) is 37.6 Å². The van der Waals surface area contributed by atoms with Gasteiger partial charge in [0, 0.05) is 28.0 Å². The summed E-state index contributed by atoms with van der Waals surface area (Å²) in [6, 6.07) is 3.52. The summed E-state index contributed by atoms with van der Waals surface area (Å²) in [5.74, 6) is 0.348. The quantitative estimate of drug-likeness (QED) is 0.658. The Hall–Kier alpha value is -1.77. The Morgan fingerprint density at radius 1 is 1.37 bits per heavy atom. The Kier molecular flexibility index (Phi) is 5.05. The van der Waals surface area contributed by atoms with Gasteiger partial charge in [0.15, 0.2) is 11.5 Å². The van der Waals surface area contributed by atoms with Crippen molar-refractivity contribution in [2.75, 3.05) is 25.0 Å². The second-order valence-electron chi connectivity index (χ2n) is 6.65. The molecular weight excluding hydrogens is 430 g/mol. The number of aromatic hydroxyl groups is 1. The minimum Gasteiger partial charge on any atom is -0.504 e. The van der Waals surface area contributed by atoms with E-state index in [9.17, 15) is 9.90 Å². The predicted molar refractivity (Wildman–Crippen MR) is 110 cm³/mol. The van der Waals surface area contributed by atoms with E-state index >= 15 is 0 Å². The van der Waals surface area contributed by atoms with Crippen LogP contribution in [0.1, 0.15) is 46.4 Å². The van der Waals surface area contributed by atoms with Gasteiger partial charge in [-0.25, -0.2) is 0 Å². The van der Waals surface area contributed by atoms with Crippen LogP contribution < -0.4 is 15.4 Å². The highest BCUT2D eigenvalue weighted by Gasteiger charge is 2.34. The summed E-state index contributed by atoms with van der Waals surface area (Å²) in [5.41, 5.74) is 2.51. The molecule has 2 aliphatic rings. The molecule has 3 N–H and O–H groups in total. The summed E-state index contributed by atoms with van der Waals surface area (Å²) in [4.78, 5) is 16.5. The number of benzene rings is 1. The van der Waals surface area contributed by atoms with Crippen molar-refractivity contribution in [1.82, 2.24) is 10.2 Å². The molecule has 3 heterocycles. The third-order valence-electron chi connectivity index (χ3n) is 5.04. The topological polar surface area (TPSA) is 73.8 Å². The molecule has 27 heavy (non-hydrogen) atoms. The summed E-state index contributed by atoms with van der Waals surface area (Å²) >= 11 is 5.10. The van der Waals surface area contributed by atoms with Crippen LogP contribution in [0.2, 0.25) is 0 Å². The number of likely N-dealkylation sites (N-methyl/N-ethyl adjacent to an activating group) is 1. The third-order valence-corrected chi connectivity index (χ3v) is 6.65. The average Bonchev–Trinajstić information content (AvgIpc) is 3.02. The SMILES string of the molecule is CCOc1cc(Br)cc(C2NC(=O)c3c(sc4c3CCN(CC)C4)N2)c1O. The molecule has 0 bridgehead atoms. The van der Waals surface area contributed by atoms with Gasteiger partial charge in [-0.2, -0.15) is 0 Å². The molecule has 1 aromatic carbocycles. The fourth-order valence-corrected chi connectivity index (χ4v) is 5.44. The first-order valence-corrected chi connectivity index (χ1v) is 10.7. The van der Waals surface area contributed by atoms with E-state index < -0.39 is 6.17 Å². The second kappa shape index (κ2) is 7.33. The van der Waals surface area contributed by atoms with Gasteiger partial charge in [0.25, 0.3) is 5.91 Å². The first kappa shape index (κ1) is 18.6. The van der Waals surface area contributed by atoms with Crippen molar-refractivity contribution in [1.29, 1.82) is 0 Å². The summed E-state index contributed by atoms with van der Waals surface area (Å²) in [6.07, 6.45) is 0.384. The van der Waals surface area contributed by atoms with E-state index in [4.69, 9.17) is 4.74 Å². The van der Waals surface area contributed by atoms with Gasteiger partial charge < -0.3 is 20.5 Å². The normalized spacial score (nSPS) is 19.1. The minimum atomic E-state index is -0.510. The fourth-order valence-electron chi connectivity index (χ4n) is 3.67. The van der Waals surface area contributed by atoms with E-state index in [0.717, 1.165) is 46.7 Å². The molecule has 8 heteroatoms. The molecule has 0 aliphatic carbocycles. The van der Waals surface area contributed by atoms with Crippen LogP contribution in [0, 0.1) is 0 Å². The zero-order valence-electron chi connectivity index (χ0n) is 15.3. The molecule has 2 aliphatic heterocycles. The maximum Gasteiger partial charge on any atom is 0.256 e. The second-order valence-corrected chi connectivity index (χ2v) is 8.67. The number of nitrogens with one attached hydrogen (secondary N) is 2. The Labute approximate surface area is 170 Å². The smallest absolute Gasteiger partial charge is 0.256 e. The number of hydrogen-bond donors (Lipinski definition) is 3. The van der Waals surface area contributed by atoms with Gasteiger partial charge in [0.1, 0.15) is 11.2 Å². The van der Waals surface area contributed by atoms with Gasteiger partial charge in [-0.3, -0.25) is 9.69 Å². The predicted octanol–water partition coefficient (Wildman–Crippen LogP) is 3.85. The average molecular weight is 452 g/mol. The largest absolute Gasteiger partial charge is 0.504 e. The lowest BCUT2D eigenvalue weighted by Crippen LogP contribution is -2.39. The number of phenols is 1. The Balaban J connectivity index is 1.69. The zero-order valence-corrected chi connectivity index (χ0v) is 17.7. The molecule has 2 aromatic rings. The number of ether oxygens (including phenoxy) is 1. The number of carbonyl (C=O) groups is 1. The molecule has 1 atom stereocenters. The molecule has 1 aromatic heterocycles. The highest BCUT2D eigenvalue weighted by Crippen LogP contribution is 2.43. The molecule has 0 saturated carbocycles. The number of rotatable bonds is 4. The number of fused-ring (bicyclic) bond motifs is 3. The number of amides is 1. The van der Waals surface area contributed by atoms with Gasteiger partial charge in [0.2, 0.25) is 0 Å². The van der Waals surface area contributed by atoms with Crippen molar-refractivity contribution in [3.63, 3.8) is 0 Å². The van der Waals surface area contributed by atoms with Gasteiger partial charge in [0.05, 0.1) is 12.2 Å². The highest BCUT2D eigenvalue weighted by atomic mass is 79.9. The summed E-state index contributed by atoms with van der Waals surface area (Å²) in [5, 5.41) is 17.9. The van der Waals surface area contributed by atoms with Crippen LogP contribution in [0.3, 0.4) is 0 Å². The molecule has 6 nitrogen and oxygen atoms in total. The van der Waals surface area contributed by atoms with Crippen molar-refractivity contribution in [2.24, 2.45) is 0 Å². The van der Waals surface area contributed by atoms with E-state index in [1.165, 1.54) is 4.88 Å². The van der Waals surface area contributed by atoms with E-state index in [1.807, 2.05) is 6.92 Å². The number of phenolic OH excluding ortho intramolecular Hbond substituents is 1. The summed E-state index contributed by atoms with van der Waals surface area (Å²) in [6.45, 7) is 7.35. The molecule has 0 fully saturated rings. The van der Waals surface area contributed by atoms with Crippen LogP contribution in [0.4, 0.5) is 5.00 Å². The number of halogens is 1. The number of anilines is 1. The van der Waals surface area contributed by atoms with Gasteiger partial charge >= 0.3 is 0 Å². The third kappa shape index (κ3) is 3.30. The first-order chi connectivity index (χ1) is 13.0. The molecule has 0 radical (unpaired) electrons. The summed E-state index contributed by atoms with van der Waals surface area (Å²) in [7, 11) is 0. The standard InChI is InChI=1S/C19H22BrN3O3S/c1-3-23-6-5-11-14(9-23)27-19-15(11)18(25)21-17(22-19)12-7-10(20)8-13(16(12)24)26-4-2/h7-8,17,22,24H,3-6,9H2,1-2H3,(H,21,25). The molecule has 1 unspecified atom stereocenters. The molecule has 0 spiro atoms. The maximum atomic E-state index is 12.9. The van der Waals surface area contributed by atoms with E-state index in [0.29, 0.717) is 17.9 Å². The zero-order chi connectivity index (χ0) is 19.1. The van der Waals surface area contributed by atoms with E-state index in [2.05, 4.69) is 38.4 Å². The molecular formula is C19H22BrN3O3S. The first-order valence-electron chi connectivity index (χ1n) is 9.11. The van der Waals surface area contributed by atoms with Crippen LogP contribution in [-0.2, 0) is 13.0 Å². The molecule has 0 saturated heterocycles. The fraction of sp³-hybridized carbons (Fsp3) is 0.421. The number of thiophene rings is 1. The minimum absolute atomic E-state index is 0.0415. The maximum absolute atomic E-state index is 12.9. The Morgan fingerprint density at radius 2 is 2.19 bits per heavy atom. The van der Waals surface area contributed by atoms with E-state index in [-0.39, 0.29) is 11.7 Å². The summed E-state index contributed by atoms with van der Waals surface area (Å²) < 4.78 is 6.29. The van der Waals surface area contributed by atoms with Gasteiger partial charge in [-0.1, -0.05) is 22.9 Å². The lowest BCUT2D eigenvalue weighted by molar-refractivity contribution is 0.0934. The van der Waals surface area contributed by atoms with Crippen molar-refractivity contribution >= 4 is 38.2 Å². The lowest BCUT2D eigenvalue weighted by Gasteiger charge is -2.28. The Morgan fingerprint density at radius 3 is 2.93 bits per heavy atom. The van der Waals surface area contributed by atoms with Crippen LogP contribution in [0.25, 0.3) is 0 Å². The highest BCUT2D eigenvalue weighted by molar-refractivity contribution is 9.10. The van der Waals surface area contributed by atoms with Crippen LogP contribution in [0.15, 0.2) is 16.6 Å². The molecule has 144 valence electrons. The number of carbonyl (C=O) groups excluding carboxylic acids is 1. The molecule has 4 rings (SSSR count). The van der Waals surface area contributed by atoms with Crippen molar-refractivity contribution in [3.8, 4) is 11.5 Å². The van der Waals surface area contributed by atoms with Gasteiger partial charge in [-0.15, -0.1) is 11.3 Å². The lowest BCUT2D eigenvalue weighted by atomic mass is 10.00. The van der Waals surface area contributed by atoms with E-state index in [1.54, 1.807) is 23.5 Å². The van der Waals surface area contributed by atoms with Crippen LogP contribution in [0.5, 0.6) is 11.5 Å².